The fraction of sp³-hybridized carbons (Fsp3) is 0.176. The minimum atomic E-state index is -4.94. The van der Waals surface area contributed by atoms with E-state index in [1.165, 1.54) is 30.3 Å². The minimum Gasteiger partial charge on any atom is -0.478 e. The number of carboxylic acids is 1. The molecule has 0 atom stereocenters. The first-order valence-electron chi connectivity index (χ1n) is 7.42. The molecule has 2 aromatic carbocycles. The number of nitro benzene ring substituents is 1. The average Bonchev–Trinajstić information content (AvgIpc) is 2.56. The van der Waals surface area contributed by atoms with Gasteiger partial charge in [0.2, 0.25) is 0 Å². The fourth-order valence-corrected chi connectivity index (χ4v) is 2.68. The largest absolute Gasteiger partial charge is 0.478 e. The number of hydrogen-bond donors (Lipinski definition) is 2. The molecule has 0 aliphatic rings. The molecule has 0 heterocycles. The van der Waals surface area contributed by atoms with Crippen LogP contribution in [0.1, 0.15) is 27.0 Å². The number of anilines is 2. The van der Waals surface area contributed by atoms with Crippen molar-refractivity contribution in [3.05, 3.63) is 62.7 Å². The van der Waals surface area contributed by atoms with E-state index < -0.39 is 40.3 Å². The second kappa shape index (κ2) is 7.33. The molecular weight excluding hydrogens is 367 g/mol. The molecule has 140 valence electrons. The van der Waals surface area contributed by atoms with Gasteiger partial charge in [0.1, 0.15) is 0 Å². The van der Waals surface area contributed by atoms with Crippen LogP contribution in [-0.4, -0.2) is 16.0 Å². The maximum atomic E-state index is 13.5. The lowest BCUT2D eigenvalue weighted by Gasteiger charge is -2.19. The van der Waals surface area contributed by atoms with Crippen LogP contribution in [-0.2, 0) is 12.6 Å². The van der Waals surface area contributed by atoms with Gasteiger partial charge < -0.3 is 10.4 Å². The van der Waals surface area contributed by atoms with Gasteiger partial charge in [0, 0.05) is 11.8 Å². The highest BCUT2D eigenvalue weighted by Gasteiger charge is 2.39. The molecule has 27 heavy (non-hydrogen) atoms. The number of hydrogen-bond acceptors (Lipinski definition) is 5. The summed E-state index contributed by atoms with van der Waals surface area (Å²) in [5.74, 6) is -1.32. The molecule has 0 radical (unpaired) electrons. The molecule has 0 saturated heterocycles. The number of aromatic carboxylic acids is 1. The lowest BCUT2D eigenvalue weighted by Crippen LogP contribution is -2.15. The Hall–Kier alpha value is -3.61. The SMILES string of the molecule is Cc1c(Nc2ccccc2C(=O)O)cc([N+](=O)[O-])c(CC#N)c1C(F)(F)F. The van der Waals surface area contributed by atoms with Crippen molar-refractivity contribution in [1.82, 2.24) is 0 Å². The molecule has 0 aliphatic heterocycles. The predicted molar refractivity (Wildman–Crippen MR) is 88.8 cm³/mol. The zero-order valence-electron chi connectivity index (χ0n) is 13.8. The first kappa shape index (κ1) is 19.7. The van der Waals surface area contributed by atoms with Crippen molar-refractivity contribution in [2.75, 3.05) is 5.32 Å². The molecule has 0 spiro atoms. The highest BCUT2D eigenvalue weighted by molar-refractivity contribution is 5.95. The molecule has 10 heteroatoms. The predicted octanol–water partition coefficient (Wildman–Crippen LogP) is 4.43. The van der Waals surface area contributed by atoms with E-state index in [1.54, 1.807) is 0 Å². The van der Waals surface area contributed by atoms with Gasteiger partial charge in [0.25, 0.3) is 5.69 Å². The highest BCUT2D eigenvalue weighted by Crippen LogP contribution is 2.42. The third kappa shape index (κ3) is 3.98. The zero-order chi connectivity index (χ0) is 20.4. The van der Waals surface area contributed by atoms with Gasteiger partial charge >= 0.3 is 12.1 Å². The molecule has 0 unspecified atom stereocenters. The Balaban J connectivity index is 2.76. The molecule has 7 nitrogen and oxygen atoms in total. The Morgan fingerprint density at radius 3 is 2.48 bits per heavy atom. The lowest BCUT2D eigenvalue weighted by molar-refractivity contribution is -0.385. The molecule has 0 amide bonds. The second-order valence-electron chi connectivity index (χ2n) is 5.49. The van der Waals surface area contributed by atoms with Crippen LogP contribution in [0.4, 0.5) is 30.2 Å². The van der Waals surface area contributed by atoms with Crippen molar-refractivity contribution in [2.45, 2.75) is 19.5 Å². The van der Waals surface area contributed by atoms with E-state index >= 15 is 0 Å². The van der Waals surface area contributed by atoms with Crippen LogP contribution in [0, 0.1) is 28.4 Å². The van der Waals surface area contributed by atoms with Crippen LogP contribution >= 0.6 is 0 Å². The number of carbonyl (C=O) groups is 1. The topological polar surface area (TPSA) is 116 Å². The molecule has 0 aliphatic carbocycles. The van der Waals surface area contributed by atoms with Gasteiger partial charge in [-0.3, -0.25) is 10.1 Å². The number of carboxylic acid groups (broad SMARTS) is 1. The summed E-state index contributed by atoms with van der Waals surface area (Å²) >= 11 is 0. The van der Waals surface area contributed by atoms with Gasteiger partial charge in [0.05, 0.1) is 39.8 Å². The summed E-state index contributed by atoms with van der Waals surface area (Å²) in [7, 11) is 0. The summed E-state index contributed by atoms with van der Waals surface area (Å²) in [6, 6.07) is 7.84. The zero-order valence-corrected chi connectivity index (χ0v) is 13.8. The number of halogens is 3. The first-order chi connectivity index (χ1) is 12.6. The quantitative estimate of drug-likeness (QED) is 0.586. The third-order valence-corrected chi connectivity index (χ3v) is 3.83. The van der Waals surface area contributed by atoms with Crippen LogP contribution in [0.2, 0.25) is 0 Å². The number of alkyl halides is 3. The molecule has 0 aromatic heterocycles. The third-order valence-electron chi connectivity index (χ3n) is 3.83. The summed E-state index contributed by atoms with van der Waals surface area (Å²) in [5, 5.41) is 31.8. The Morgan fingerprint density at radius 2 is 1.96 bits per heavy atom. The number of rotatable bonds is 5. The van der Waals surface area contributed by atoms with Crippen molar-refractivity contribution >= 4 is 23.0 Å². The molecule has 2 N–H and O–H groups in total. The molecule has 0 saturated carbocycles. The summed E-state index contributed by atoms with van der Waals surface area (Å²) < 4.78 is 40.6. The number of nitrogens with zero attached hydrogens (tertiary/aromatic N) is 2. The lowest BCUT2D eigenvalue weighted by atomic mass is 9.95. The van der Waals surface area contributed by atoms with Gasteiger partial charge in [-0.05, 0) is 24.6 Å². The van der Waals surface area contributed by atoms with Crippen molar-refractivity contribution < 1.29 is 28.0 Å². The van der Waals surface area contributed by atoms with E-state index in [9.17, 15) is 33.2 Å². The van der Waals surface area contributed by atoms with Crippen molar-refractivity contribution in [3.8, 4) is 6.07 Å². The minimum absolute atomic E-state index is 0.0245. The average molecular weight is 379 g/mol. The maximum absolute atomic E-state index is 13.5. The Kier molecular flexibility index (Phi) is 5.35. The normalized spacial score (nSPS) is 10.9. The van der Waals surface area contributed by atoms with Crippen LogP contribution in [0.25, 0.3) is 0 Å². The Labute approximate surface area is 150 Å². The number of nitrogens with one attached hydrogen (secondary N) is 1. The van der Waals surface area contributed by atoms with Gasteiger partial charge in [-0.1, -0.05) is 12.1 Å². The van der Waals surface area contributed by atoms with Crippen molar-refractivity contribution in [2.24, 2.45) is 0 Å². The Morgan fingerprint density at radius 1 is 1.33 bits per heavy atom. The fourth-order valence-electron chi connectivity index (χ4n) is 2.68. The maximum Gasteiger partial charge on any atom is 0.417 e. The molecular formula is C17H12F3N3O4. The number of para-hydroxylation sites is 1. The van der Waals surface area contributed by atoms with Crippen LogP contribution in [0.5, 0.6) is 0 Å². The number of benzene rings is 2. The highest BCUT2D eigenvalue weighted by atomic mass is 19.4. The Bertz CT molecular complexity index is 965. The van der Waals surface area contributed by atoms with Gasteiger partial charge in [-0.25, -0.2) is 4.79 Å². The van der Waals surface area contributed by atoms with Crippen molar-refractivity contribution in [3.63, 3.8) is 0 Å². The standard InChI is InChI=1S/C17H12F3N3O4/c1-9-13(22-12-5-3-2-4-10(12)16(24)25)8-14(23(26)27)11(6-7-21)15(9)17(18,19)20/h2-5,8,22H,6H2,1H3,(H,24,25). The molecule has 0 fully saturated rings. The number of nitro groups is 1. The molecule has 0 bridgehead atoms. The summed E-state index contributed by atoms with van der Waals surface area (Å²) in [5.41, 5.74) is -3.77. The van der Waals surface area contributed by atoms with Gasteiger partial charge in [-0.2, -0.15) is 18.4 Å². The van der Waals surface area contributed by atoms with Crippen LogP contribution < -0.4 is 5.32 Å². The van der Waals surface area contributed by atoms with E-state index in [4.69, 9.17) is 5.26 Å². The van der Waals surface area contributed by atoms with Gasteiger partial charge in [-0.15, -0.1) is 0 Å². The first-order valence-corrected chi connectivity index (χ1v) is 7.42. The van der Waals surface area contributed by atoms with Gasteiger partial charge in [0.15, 0.2) is 0 Å². The van der Waals surface area contributed by atoms with E-state index in [0.29, 0.717) is 0 Å². The van der Waals surface area contributed by atoms with E-state index in [0.717, 1.165) is 13.0 Å². The smallest absolute Gasteiger partial charge is 0.417 e. The summed E-state index contributed by atoms with van der Waals surface area (Å²) in [6.45, 7) is 1.10. The van der Waals surface area contributed by atoms with Crippen LogP contribution in [0.3, 0.4) is 0 Å². The van der Waals surface area contributed by atoms with Crippen molar-refractivity contribution in [1.29, 1.82) is 5.26 Å². The second-order valence-corrected chi connectivity index (χ2v) is 5.49. The summed E-state index contributed by atoms with van der Waals surface area (Å²) in [6.07, 6.45) is -5.73. The number of nitriles is 1. The monoisotopic (exact) mass is 379 g/mol. The van der Waals surface area contributed by atoms with E-state index in [1.807, 2.05) is 0 Å². The summed E-state index contributed by atoms with van der Waals surface area (Å²) in [4.78, 5) is 21.5. The van der Waals surface area contributed by atoms with E-state index in [-0.39, 0.29) is 22.5 Å². The molecule has 2 aromatic rings. The van der Waals surface area contributed by atoms with Crippen LogP contribution in [0.15, 0.2) is 30.3 Å². The van der Waals surface area contributed by atoms with E-state index in [2.05, 4.69) is 5.32 Å². The molecule has 2 rings (SSSR count).